The van der Waals surface area contributed by atoms with Crippen molar-refractivity contribution in [1.29, 1.82) is 0 Å². The van der Waals surface area contributed by atoms with Gasteiger partial charge in [0.15, 0.2) is 0 Å². The van der Waals surface area contributed by atoms with E-state index < -0.39 is 0 Å². The van der Waals surface area contributed by atoms with E-state index in [4.69, 9.17) is 0 Å². The van der Waals surface area contributed by atoms with Crippen molar-refractivity contribution in [3.05, 3.63) is 71.3 Å². The molecule has 0 aromatic heterocycles. The number of benzene rings is 2. The molecule has 1 unspecified atom stereocenters. The lowest BCUT2D eigenvalue weighted by Crippen LogP contribution is -2.47. The fourth-order valence-electron chi connectivity index (χ4n) is 3.62. The van der Waals surface area contributed by atoms with Crippen molar-refractivity contribution in [2.45, 2.75) is 19.4 Å². The first-order valence-electron chi connectivity index (χ1n) is 9.46. The smallest absolute Gasteiger partial charge is 0.251 e. The van der Waals surface area contributed by atoms with Crippen LogP contribution in [-0.4, -0.2) is 55.5 Å². The molecule has 1 aliphatic heterocycles. The van der Waals surface area contributed by atoms with Gasteiger partial charge in [-0.05, 0) is 37.6 Å². The summed E-state index contributed by atoms with van der Waals surface area (Å²) >= 11 is 0. The van der Waals surface area contributed by atoms with Crippen LogP contribution in [0.1, 0.15) is 33.9 Å². The van der Waals surface area contributed by atoms with E-state index in [1.807, 2.05) is 31.2 Å². The van der Waals surface area contributed by atoms with E-state index in [0.717, 1.165) is 43.7 Å². The van der Waals surface area contributed by atoms with Crippen molar-refractivity contribution in [2.75, 3.05) is 39.8 Å². The minimum atomic E-state index is 0.0288. The first-order chi connectivity index (χ1) is 12.6. The molecule has 4 heteroatoms. The Bertz CT molecular complexity index is 716. The monoisotopic (exact) mass is 351 g/mol. The van der Waals surface area contributed by atoms with Gasteiger partial charge in [0.05, 0.1) is 0 Å². The average molecular weight is 351 g/mol. The van der Waals surface area contributed by atoms with Crippen LogP contribution in [0.15, 0.2) is 54.6 Å². The summed E-state index contributed by atoms with van der Waals surface area (Å²) in [6, 6.07) is 18.9. The summed E-state index contributed by atoms with van der Waals surface area (Å²) < 4.78 is 0. The summed E-state index contributed by atoms with van der Waals surface area (Å²) in [4.78, 5) is 17.3. The van der Waals surface area contributed by atoms with E-state index in [-0.39, 0.29) is 5.91 Å². The van der Waals surface area contributed by atoms with Crippen LogP contribution < -0.4 is 5.32 Å². The van der Waals surface area contributed by atoms with Gasteiger partial charge in [0, 0.05) is 44.3 Å². The van der Waals surface area contributed by atoms with Gasteiger partial charge in [-0.25, -0.2) is 0 Å². The molecule has 0 spiro atoms. The summed E-state index contributed by atoms with van der Waals surface area (Å²) in [6.07, 6.45) is 0.963. The van der Waals surface area contributed by atoms with Crippen LogP contribution in [0, 0.1) is 6.92 Å². The van der Waals surface area contributed by atoms with Crippen LogP contribution in [-0.2, 0) is 0 Å². The molecule has 1 aliphatic rings. The number of carbonyl (C=O) groups excluding carboxylic acids is 1. The molecular formula is C22H29N3O. The van der Waals surface area contributed by atoms with Gasteiger partial charge in [0.25, 0.3) is 5.91 Å². The highest BCUT2D eigenvalue weighted by atomic mass is 16.1. The predicted molar refractivity (Wildman–Crippen MR) is 106 cm³/mol. The van der Waals surface area contributed by atoms with Gasteiger partial charge >= 0.3 is 0 Å². The fourth-order valence-corrected chi connectivity index (χ4v) is 3.62. The number of nitrogens with zero attached hydrogens (tertiary/aromatic N) is 2. The number of rotatable bonds is 6. The molecule has 0 bridgehead atoms. The lowest BCUT2D eigenvalue weighted by Gasteiger charge is -2.40. The highest BCUT2D eigenvalue weighted by molar-refractivity contribution is 5.95. The van der Waals surface area contributed by atoms with E-state index >= 15 is 0 Å². The molecule has 2 aromatic rings. The summed E-state index contributed by atoms with van der Waals surface area (Å²) in [5.74, 6) is 0.0288. The van der Waals surface area contributed by atoms with Crippen LogP contribution in [0.5, 0.6) is 0 Å². The Morgan fingerprint density at radius 1 is 1.08 bits per heavy atom. The third-order valence-corrected chi connectivity index (χ3v) is 5.18. The highest BCUT2D eigenvalue weighted by Gasteiger charge is 2.25. The van der Waals surface area contributed by atoms with E-state index in [2.05, 4.69) is 52.5 Å². The van der Waals surface area contributed by atoms with E-state index in [1.54, 1.807) is 0 Å². The fraction of sp³-hybridized carbons (Fsp3) is 0.409. The van der Waals surface area contributed by atoms with Gasteiger partial charge in [-0.1, -0.05) is 48.5 Å². The summed E-state index contributed by atoms with van der Waals surface area (Å²) in [5, 5.41) is 3.07. The number of hydrogen-bond acceptors (Lipinski definition) is 3. The second kappa shape index (κ2) is 8.97. The van der Waals surface area contributed by atoms with Crippen LogP contribution in [0.2, 0.25) is 0 Å². The van der Waals surface area contributed by atoms with Crippen LogP contribution in [0.4, 0.5) is 0 Å². The Morgan fingerprint density at radius 3 is 2.58 bits per heavy atom. The molecule has 1 atom stereocenters. The Kier molecular flexibility index (Phi) is 6.42. The van der Waals surface area contributed by atoms with Gasteiger partial charge in [-0.2, -0.15) is 0 Å². The molecule has 0 saturated carbocycles. The van der Waals surface area contributed by atoms with E-state index in [0.29, 0.717) is 12.6 Å². The standard InChI is InChI=1S/C22H29N3O/c1-18-9-6-7-12-20(18)22(26)23-13-8-14-25-16-15-24(2)17-21(25)19-10-4-3-5-11-19/h3-7,9-12,21H,8,13-17H2,1-2H3,(H,23,26). The molecule has 2 aromatic carbocycles. The zero-order valence-electron chi connectivity index (χ0n) is 15.8. The Morgan fingerprint density at radius 2 is 1.81 bits per heavy atom. The molecular weight excluding hydrogens is 322 g/mol. The number of hydrogen-bond donors (Lipinski definition) is 1. The molecule has 3 rings (SSSR count). The van der Waals surface area contributed by atoms with Gasteiger partial charge in [-0.15, -0.1) is 0 Å². The zero-order valence-corrected chi connectivity index (χ0v) is 15.8. The topological polar surface area (TPSA) is 35.6 Å². The number of carbonyl (C=O) groups is 1. The molecule has 0 aliphatic carbocycles. The average Bonchev–Trinajstić information content (AvgIpc) is 2.67. The molecule has 138 valence electrons. The van der Waals surface area contributed by atoms with Gasteiger partial charge in [0.1, 0.15) is 0 Å². The molecule has 0 radical (unpaired) electrons. The minimum Gasteiger partial charge on any atom is -0.352 e. The highest BCUT2D eigenvalue weighted by Crippen LogP contribution is 2.24. The number of likely N-dealkylation sites (N-methyl/N-ethyl adjacent to an activating group) is 1. The third kappa shape index (κ3) is 4.71. The van der Waals surface area contributed by atoms with Crippen molar-refractivity contribution >= 4 is 5.91 Å². The largest absolute Gasteiger partial charge is 0.352 e. The maximum Gasteiger partial charge on any atom is 0.251 e. The molecule has 1 N–H and O–H groups in total. The molecule has 4 nitrogen and oxygen atoms in total. The molecule has 26 heavy (non-hydrogen) atoms. The van der Waals surface area contributed by atoms with E-state index in [9.17, 15) is 4.79 Å². The molecule has 1 heterocycles. The third-order valence-electron chi connectivity index (χ3n) is 5.18. The quantitative estimate of drug-likeness (QED) is 0.813. The van der Waals surface area contributed by atoms with Gasteiger partial charge in [0.2, 0.25) is 0 Å². The molecule has 1 amide bonds. The molecule has 1 saturated heterocycles. The summed E-state index contributed by atoms with van der Waals surface area (Å²) in [5.41, 5.74) is 3.17. The summed E-state index contributed by atoms with van der Waals surface area (Å²) in [6.45, 7) is 6.91. The van der Waals surface area contributed by atoms with Crippen molar-refractivity contribution in [3.63, 3.8) is 0 Å². The predicted octanol–water partition coefficient (Wildman–Crippen LogP) is 3.10. The van der Waals surface area contributed by atoms with Crippen LogP contribution >= 0.6 is 0 Å². The number of nitrogens with one attached hydrogen (secondary N) is 1. The molecule has 1 fully saturated rings. The second-order valence-electron chi connectivity index (χ2n) is 7.15. The normalized spacial score (nSPS) is 18.6. The van der Waals surface area contributed by atoms with Gasteiger partial charge in [-0.3, -0.25) is 9.69 Å². The van der Waals surface area contributed by atoms with Crippen LogP contribution in [0.3, 0.4) is 0 Å². The van der Waals surface area contributed by atoms with Gasteiger partial charge < -0.3 is 10.2 Å². The van der Waals surface area contributed by atoms with Crippen molar-refractivity contribution in [2.24, 2.45) is 0 Å². The summed E-state index contributed by atoms with van der Waals surface area (Å²) in [7, 11) is 2.19. The first-order valence-corrected chi connectivity index (χ1v) is 9.46. The van der Waals surface area contributed by atoms with Crippen molar-refractivity contribution < 1.29 is 4.79 Å². The zero-order chi connectivity index (χ0) is 18.4. The van der Waals surface area contributed by atoms with Crippen LogP contribution in [0.25, 0.3) is 0 Å². The maximum absolute atomic E-state index is 12.3. The Balaban J connectivity index is 1.51. The lowest BCUT2D eigenvalue weighted by atomic mass is 10.0. The number of amides is 1. The maximum atomic E-state index is 12.3. The number of aryl methyl sites for hydroxylation is 1. The van der Waals surface area contributed by atoms with Crippen molar-refractivity contribution in [1.82, 2.24) is 15.1 Å². The lowest BCUT2D eigenvalue weighted by molar-refractivity contribution is 0.0865. The SMILES string of the molecule is Cc1ccccc1C(=O)NCCCN1CCN(C)CC1c1ccccc1. The minimum absolute atomic E-state index is 0.0288. The Hall–Kier alpha value is -2.17. The van der Waals surface area contributed by atoms with E-state index in [1.165, 1.54) is 5.56 Å². The Labute approximate surface area is 156 Å². The number of piperazine rings is 1. The first kappa shape index (κ1) is 18.6. The van der Waals surface area contributed by atoms with Crippen molar-refractivity contribution in [3.8, 4) is 0 Å². The second-order valence-corrected chi connectivity index (χ2v) is 7.15.